The molecule has 3 rings (SSSR count). The maximum absolute atomic E-state index is 12.5. The highest BCUT2D eigenvalue weighted by Crippen LogP contribution is 2.36. The molecule has 2 aliphatic rings. The van der Waals surface area contributed by atoms with Crippen molar-refractivity contribution < 1.29 is 8.95 Å². The molecule has 0 radical (unpaired) electrons. The van der Waals surface area contributed by atoms with Crippen LogP contribution in [-0.4, -0.2) is 39.2 Å². The van der Waals surface area contributed by atoms with Crippen LogP contribution in [0.25, 0.3) is 0 Å². The molecule has 1 fully saturated rings. The SMILES string of the molecule is C/C=C(\CC)N(c1nc(Cl)nc2c1S(=O)CC2)C1CCOCC1. The van der Waals surface area contributed by atoms with E-state index < -0.39 is 10.8 Å². The second-order valence-corrected chi connectivity index (χ2v) is 7.58. The van der Waals surface area contributed by atoms with Crippen LogP contribution in [0.1, 0.15) is 38.8 Å². The zero-order chi connectivity index (χ0) is 16.4. The van der Waals surface area contributed by atoms with Gasteiger partial charge < -0.3 is 9.64 Å². The largest absolute Gasteiger partial charge is 0.381 e. The molecule has 0 spiro atoms. The number of hydrogen-bond donors (Lipinski definition) is 0. The normalized spacial score (nSPS) is 22.2. The summed E-state index contributed by atoms with van der Waals surface area (Å²) in [4.78, 5) is 11.8. The lowest BCUT2D eigenvalue weighted by Gasteiger charge is -2.37. The molecule has 3 heterocycles. The van der Waals surface area contributed by atoms with Gasteiger partial charge in [0, 0.05) is 37.1 Å². The van der Waals surface area contributed by atoms with E-state index in [1.165, 1.54) is 5.70 Å². The second-order valence-electron chi connectivity index (χ2n) is 5.74. The van der Waals surface area contributed by atoms with Gasteiger partial charge in [0.2, 0.25) is 5.28 Å². The Bertz CT molecular complexity index is 644. The molecule has 23 heavy (non-hydrogen) atoms. The van der Waals surface area contributed by atoms with E-state index in [1.54, 1.807) is 0 Å². The number of nitrogens with zero attached hydrogens (tertiary/aromatic N) is 3. The number of halogens is 1. The van der Waals surface area contributed by atoms with Gasteiger partial charge in [-0.15, -0.1) is 0 Å². The molecule has 0 bridgehead atoms. The van der Waals surface area contributed by atoms with Crippen LogP contribution in [0.2, 0.25) is 5.28 Å². The first kappa shape index (κ1) is 16.9. The predicted molar refractivity (Wildman–Crippen MR) is 92.4 cm³/mol. The van der Waals surface area contributed by atoms with Crippen LogP contribution in [0.3, 0.4) is 0 Å². The first-order valence-corrected chi connectivity index (χ1v) is 9.82. The number of fused-ring (bicyclic) bond motifs is 1. The Labute approximate surface area is 144 Å². The number of aromatic nitrogens is 2. The standard InChI is InChI=1S/C16H22ClN3O2S/c1-3-11(4-2)20(12-5-8-22-9-6-12)15-14-13(7-10-23(14)21)18-16(17)19-15/h3,12H,4-10H2,1-2H3/b11-3+. The molecule has 1 unspecified atom stereocenters. The average Bonchev–Trinajstić information content (AvgIpc) is 2.93. The smallest absolute Gasteiger partial charge is 0.224 e. The third-order valence-electron chi connectivity index (χ3n) is 4.43. The van der Waals surface area contributed by atoms with Crippen LogP contribution < -0.4 is 4.90 Å². The van der Waals surface area contributed by atoms with E-state index in [9.17, 15) is 4.21 Å². The summed E-state index contributed by atoms with van der Waals surface area (Å²) in [6.07, 6.45) is 5.56. The van der Waals surface area contributed by atoms with Gasteiger partial charge in [0.05, 0.1) is 16.5 Å². The molecule has 0 N–H and O–H groups in total. The third-order valence-corrected chi connectivity index (χ3v) is 6.05. The zero-order valence-electron chi connectivity index (χ0n) is 13.5. The molecule has 1 saturated heterocycles. The Morgan fingerprint density at radius 2 is 2.17 bits per heavy atom. The molecule has 7 heteroatoms. The Balaban J connectivity index is 2.11. The highest BCUT2D eigenvalue weighted by molar-refractivity contribution is 7.85. The summed E-state index contributed by atoms with van der Waals surface area (Å²) >= 11 is 6.16. The van der Waals surface area contributed by atoms with E-state index in [4.69, 9.17) is 16.3 Å². The van der Waals surface area contributed by atoms with Gasteiger partial charge in [0.1, 0.15) is 4.90 Å². The predicted octanol–water partition coefficient (Wildman–Crippen LogP) is 3.09. The first-order valence-electron chi connectivity index (χ1n) is 8.12. The quantitative estimate of drug-likeness (QED) is 0.777. The molecule has 5 nitrogen and oxygen atoms in total. The van der Waals surface area contributed by atoms with Gasteiger partial charge >= 0.3 is 0 Å². The number of hydrogen-bond acceptors (Lipinski definition) is 5. The van der Waals surface area contributed by atoms with Crippen molar-refractivity contribution in [3.05, 3.63) is 22.8 Å². The van der Waals surface area contributed by atoms with Gasteiger partial charge in [-0.3, -0.25) is 4.21 Å². The van der Waals surface area contributed by atoms with Crippen molar-refractivity contribution in [2.24, 2.45) is 0 Å². The Morgan fingerprint density at radius 1 is 1.43 bits per heavy atom. The summed E-state index contributed by atoms with van der Waals surface area (Å²) in [5.74, 6) is 1.34. The summed E-state index contributed by atoms with van der Waals surface area (Å²) in [5, 5.41) is 0.237. The molecule has 0 saturated carbocycles. The maximum Gasteiger partial charge on any atom is 0.224 e. The lowest BCUT2D eigenvalue weighted by molar-refractivity contribution is 0.0854. The minimum absolute atomic E-state index is 0.237. The minimum atomic E-state index is -1.05. The van der Waals surface area contributed by atoms with Crippen LogP contribution in [-0.2, 0) is 22.0 Å². The van der Waals surface area contributed by atoms with Crippen molar-refractivity contribution >= 4 is 28.2 Å². The zero-order valence-corrected chi connectivity index (χ0v) is 15.1. The fourth-order valence-electron chi connectivity index (χ4n) is 3.31. The number of aryl methyl sites for hydroxylation is 1. The Hall–Kier alpha value is -0.980. The monoisotopic (exact) mass is 355 g/mol. The van der Waals surface area contributed by atoms with Crippen LogP contribution >= 0.6 is 11.6 Å². The Kier molecular flexibility index (Phi) is 5.34. The topological polar surface area (TPSA) is 55.3 Å². The lowest BCUT2D eigenvalue weighted by atomic mass is 10.0. The molecule has 1 aromatic rings. The van der Waals surface area contributed by atoms with Crippen molar-refractivity contribution in [3.8, 4) is 0 Å². The highest BCUT2D eigenvalue weighted by Gasteiger charge is 2.33. The van der Waals surface area contributed by atoms with Crippen LogP contribution in [0.4, 0.5) is 5.82 Å². The van der Waals surface area contributed by atoms with Gasteiger partial charge in [-0.1, -0.05) is 13.0 Å². The molecule has 0 amide bonds. The van der Waals surface area contributed by atoms with Gasteiger partial charge in [0.25, 0.3) is 0 Å². The summed E-state index contributed by atoms with van der Waals surface area (Å²) in [6.45, 7) is 5.64. The fraction of sp³-hybridized carbons (Fsp3) is 0.625. The van der Waals surface area contributed by atoms with Crippen molar-refractivity contribution in [3.63, 3.8) is 0 Å². The first-order chi connectivity index (χ1) is 11.2. The molecule has 2 aliphatic heterocycles. The van der Waals surface area contributed by atoms with E-state index in [1.807, 2.05) is 6.92 Å². The highest BCUT2D eigenvalue weighted by atomic mass is 35.5. The van der Waals surface area contributed by atoms with Crippen LogP contribution in [0.5, 0.6) is 0 Å². The number of ether oxygens (including phenoxy) is 1. The summed E-state index contributed by atoms with van der Waals surface area (Å²) in [7, 11) is -1.05. The van der Waals surface area contributed by atoms with E-state index in [0.29, 0.717) is 18.2 Å². The van der Waals surface area contributed by atoms with Crippen molar-refractivity contribution in [1.29, 1.82) is 0 Å². The van der Waals surface area contributed by atoms with Crippen molar-refractivity contribution in [1.82, 2.24) is 9.97 Å². The number of allylic oxidation sites excluding steroid dienone is 2. The summed E-state index contributed by atoms with van der Waals surface area (Å²) in [5.41, 5.74) is 2.01. The number of anilines is 1. The Morgan fingerprint density at radius 3 is 2.83 bits per heavy atom. The van der Waals surface area contributed by atoms with E-state index >= 15 is 0 Å². The molecule has 0 aromatic carbocycles. The van der Waals surface area contributed by atoms with Crippen LogP contribution in [0, 0.1) is 0 Å². The second kappa shape index (κ2) is 7.28. The minimum Gasteiger partial charge on any atom is -0.381 e. The van der Waals surface area contributed by atoms with Crippen molar-refractivity contribution in [2.45, 2.75) is 50.5 Å². The molecular formula is C16H22ClN3O2S. The van der Waals surface area contributed by atoms with Gasteiger partial charge in [-0.05, 0) is 37.8 Å². The molecule has 1 aromatic heterocycles. The third kappa shape index (κ3) is 3.30. The van der Waals surface area contributed by atoms with E-state index in [0.717, 1.165) is 48.9 Å². The van der Waals surface area contributed by atoms with Crippen LogP contribution in [0.15, 0.2) is 16.7 Å². The molecule has 126 valence electrons. The summed E-state index contributed by atoms with van der Waals surface area (Å²) < 4.78 is 18.0. The number of rotatable bonds is 4. The lowest BCUT2D eigenvalue weighted by Crippen LogP contribution is -2.40. The van der Waals surface area contributed by atoms with Crippen molar-refractivity contribution in [2.75, 3.05) is 23.9 Å². The fourth-order valence-corrected chi connectivity index (χ4v) is 4.84. The molecular weight excluding hydrogens is 334 g/mol. The molecule has 1 atom stereocenters. The van der Waals surface area contributed by atoms with E-state index in [-0.39, 0.29) is 5.28 Å². The van der Waals surface area contributed by atoms with Gasteiger partial charge in [0.15, 0.2) is 5.82 Å². The molecule has 0 aliphatic carbocycles. The summed E-state index contributed by atoms with van der Waals surface area (Å²) in [6, 6.07) is 0.294. The maximum atomic E-state index is 12.5. The van der Waals surface area contributed by atoms with E-state index in [2.05, 4.69) is 27.9 Å². The average molecular weight is 356 g/mol. The van der Waals surface area contributed by atoms with Gasteiger partial charge in [-0.25, -0.2) is 4.98 Å². The van der Waals surface area contributed by atoms with Gasteiger partial charge in [-0.2, -0.15) is 4.98 Å².